The Morgan fingerprint density at radius 2 is 0.857 bits per heavy atom. The van der Waals surface area contributed by atoms with Gasteiger partial charge in [0.2, 0.25) is 0 Å². The topological polar surface area (TPSA) is 338 Å². The molecule has 0 aliphatic heterocycles. The first-order valence-corrected chi connectivity index (χ1v) is 29.5. The number of hydrogen-bond acceptors (Lipinski definition) is 15. The molecule has 0 heterocycles. The number of carbonyl (C=O) groups excluding carboxylic acids is 2. The molecule has 0 aromatic rings. The lowest BCUT2D eigenvalue weighted by molar-refractivity contribution is -0.213. The molecule has 70 heavy (non-hydrogen) atoms. The van der Waals surface area contributed by atoms with Crippen LogP contribution in [0.2, 0.25) is 0 Å². The summed E-state index contributed by atoms with van der Waals surface area (Å²) in [6, 6.07) is 0. The number of ether oxygens (including phenoxy) is 2. The largest absolute Gasteiger partial charge is 0.472 e. The number of phosphoric ester groups is 3. The molecule has 1 unspecified atom stereocenters. The molecule has 0 amide bonds. The van der Waals surface area contributed by atoms with Crippen molar-refractivity contribution >= 4 is 35.4 Å². The van der Waals surface area contributed by atoms with Crippen molar-refractivity contribution in [3.05, 3.63) is 48.6 Å². The normalized spacial score (nSPS) is 21.4. The van der Waals surface area contributed by atoms with Gasteiger partial charge in [-0.2, -0.15) is 0 Å². The van der Waals surface area contributed by atoms with E-state index >= 15 is 0 Å². The summed E-state index contributed by atoms with van der Waals surface area (Å²) in [5.74, 6) is -1.36. The van der Waals surface area contributed by atoms with Crippen molar-refractivity contribution < 1.29 is 90.6 Å². The van der Waals surface area contributed by atoms with Gasteiger partial charge in [0.15, 0.2) is 6.10 Å². The molecular weight excluding hydrogens is 975 g/mol. The van der Waals surface area contributed by atoms with E-state index in [1.54, 1.807) is 0 Å². The average Bonchev–Trinajstić information content (AvgIpc) is 3.28. The number of aliphatic hydroxyl groups is 3. The minimum absolute atomic E-state index is 0. The standard InChI is InChI=1S/C47H85O19P3.H3N/c1-3-5-7-9-11-13-15-17-19-20-22-24-26-28-30-32-34-36-41(49)63-39(37-61-40(48)35-33-31-29-27-25-23-21-18-16-14-12-10-8-6-4-2)38-62-69(59,60)66-45-42(50)43(51)46(64-67(53,54)55)47(44(45)52)65-68(56,57)58;/h11,13,17,19,22,24,28,30,39,42-47,50-52H,3-10,12,14-16,18,20-21,23,25-27,29,31-38H2,1-2H3,(H,59,60)(H2,53,54,55)(H2,56,57,58);1H3/b13-11-,19-17-,24-22-,30-28-;/t39-,42-,43+,44+,45-,46-,47-;/m1./s1. The zero-order chi connectivity index (χ0) is 51.4. The Kier molecular flexibility index (Phi) is 39.3. The minimum atomic E-state index is -5.61. The number of carbonyl (C=O) groups is 2. The molecule has 0 aromatic heterocycles. The van der Waals surface area contributed by atoms with Crippen LogP contribution < -0.4 is 6.15 Å². The Morgan fingerprint density at radius 1 is 0.471 bits per heavy atom. The molecule has 23 heteroatoms. The fraction of sp³-hybridized carbons (Fsp3) is 0.787. The number of phosphoric acid groups is 3. The maximum Gasteiger partial charge on any atom is 0.472 e. The summed E-state index contributed by atoms with van der Waals surface area (Å²) >= 11 is 0. The van der Waals surface area contributed by atoms with Crippen molar-refractivity contribution in [3.8, 4) is 0 Å². The number of aliphatic hydroxyl groups excluding tert-OH is 3. The third-order valence-corrected chi connectivity index (χ3v) is 13.2. The summed E-state index contributed by atoms with van der Waals surface area (Å²) < 4.78 is 65.5. The maximum absolute atomic E-state index is 13.1. The van der Waals surface area contributed by atoms with Gasteiger partial charge in [-0.25, -0.2) is 13.7 Å². The van der Waals surface area contributed by atoms with Gasteiger partial charge in [0.1, 0.15) is 43.2 Å². The Morgan fingerprint density at radius 3 is 1.33 bits per heavy atom. The summed E-state index contributed by atoms with van der Waals surface area (Å²) in [5, 5.41) is 31.9. The van der Waals surface area contributed by atoms with Crippen LogP contribution in [0.25, 0.3) is 0 Å². The average molecular weight is 1060 g/mol. The monoisotopic (exact) mass is 1060 g/mol. The van der Waals surface area contributed by atoms with Crippen molar-refractivity contribution in [2.45, 2.75) is 224 Å². The molecule has 1 fully saturated rings. The predicted molar refractivity (Wildman–Crippen MR) is 266 cm³/mol. The van der Waals surface area contributed by atoms with Gasteiger partial charge in [-0.15, -0.1) is 0 Å². The second-order valence-corrected chi connectivity index (χ2v) is 21.2. The quantitative estimate of drug-likeness (QED) is 0.0119. The van der Waals surface area contributed by atoms with E-state index in [2.05, 4.69) is 53.3 Å². The molecule has 20 nitrogen and oxygen atoms in total. The van der Waals surface area contributed by atoms with Gasteiger partial charge in [0.25, 0.3) is 0 Å². The Bertz CT molecular complexity index is 1640. The number of esters is 2. The lowest BCUT2D eigenvalue weighted by Crippen LogP contribution is -2.65. The predicted octanol–water partition coefficient (Wildman–Crippen LogP) is 9.56. The van der Waals surface area contributed by atoms with E-state index in [-0.39, 0.29) is 19.0 Å². The first-order chi connectivity index (χ1) is 32.8. The minimum Gasteiger partial charge on any atom is -0.462 e. The van der Waals surface area contributed by atoms with Crippen LogP contribution in [0, 0.1) is 0 Å². The second-order valence-electron chi connectivity index (χ2n) is 17.4. The molecule has 0 saturated heterocycles. The van der Waals surface area contributed by atoms with Gasteiger partial charge in [-0.05, 0) is 51.4 Å². The number of allylic oxidation sites excluding steroid dienone is 8. The van der Waals surface area contributed by atoms with Crippen LogP contribution in [0.15, 0.2) is 48.6 Å². The molecule has 1 aliphatic rings. The van der Waals surface area contributed by atoms with Crippen LogP contribution in [-0.2, 0) is 50.9 Å². The van der Waals surface area contributed by atoms with Gasteiger partial charge in [-0.3, -0.25) is 27.7 Å². The summed E-state index contributed by atoms with van der Waals surface area (Å²) in [5.41, 5.74) is 0. The molecular formula is C47H88NO19P3. The van der Waals surface area contributed by atoms with E-state index in [1.165, 1.54) is 83.5 Å². The third kappa shape index (κ3) is 36.1. The highest BCUT2D eigenvalue weighted by Gasteiger charge is 2.56. The zero-order valence-corrected chi connectivity index (χ0v) is 44.3. The van der Waals surface area contributed by atoms with Gasteiger partial charge in [-0.1, -0.05) is 165 Å². The van der Waals surface area contributed by atoms with Crippen molar-refractivity contribution in [2.24, 2.45) is 0 Å². The molecule has 0 aromatic carbocycles. The molecule has 11 N–H and O–H groups in total. The molecule has 1 saturated carbocycles. The van der Waals surface area contributed by atoms with E-state index in [0.29, 0.717) is 25.7 Å². The lowest BCUT2D eigenvalue weighted by atomic mass is 9.85. The second kappa shape index (κ2) is 40.5. The molecule has 0 bridgehead atoms. The van der Waals surface area contributed by atoms with Gasteiger partial charge in [0.05, 0.1) is 6.61 Å². The van der Waals surface area contributed by atoms with E-state index in [9.17, 15) is 63.1 Å². The fourth-order valence-electron chi connectivity index (χ4n) is 7.40. The highest BCUT2D eigenvalue weighted by atomic mass is 31.2. The summed E-state index contributed by atoms with van der Waals surface area (Å²) in [6.07, 6.45) is 25.6. The Hall–Kier alpha value is -1.93. The highest BCUT2D eigenvalue weighted by Crippen LogP contribution is 2.51. The molecule has 0 radical (unpaired) electrons. The van der Waals surface area contributed by atoms with Crippen molar-refractivity contribution in [2.75, 3.05) is 13.2 Å². The molecule has 1 aliphatic carbocycles. The lowest BCUT2D eigenvalue weighted by Gasteiger charge is -2.44. The summed E-state index contributed by atoms with van der Waals surface area (Å²) in [7, 11) is -16.6. The van der Waals surface area contributed by atoms with Crippen LogP contribution in [-0.4, -0.2) is 108 Å². The molecule has 8 atom stereocenters. The van der Waals surface area contributed by atoms with E-state index < -0.39 is 91.3 Å². The molecule has 0 spiro atoms. The summed E-state index contributed by atoms with van der Waals surface area (Å²) in [6.45, 7) is 2.88. The van der Waals surface area contributed by atoms with E-state index in [4.69, 9.17) is 18.5 Å². The van der Waals surface area contributed by atoms with Gasteiger partial charge >= 0.3 is 35.4 Å². The van der Waals surface area contributed by atoms with Crippen LogP contribution in [0.3, 0.4) is 0 Å². The van der Waals surface area contributed by atoms with E-state index in [1.807, 2.05) is 18.2 Å². The Labute approximate surface area is 416 Å². The van der Waals surface area contributed by atoms with Crippen molar-refractivity contribution in [1.82, 2.24) is 6.15 Å². The summed E-state index contributed by atoms with van der Waals surface area (Å²) in [4.78, 5) is 73.3. The third-order valence-electron chi connectivity index (χ3n) is 11.1. The molecule has 410 valence electrons. The smallest absolute Gasteiger partial charge is 0.462 e. The highest BCUT2D eigenvalue weighted by molar-refractivity contribution is 7.47. The van der Waals surface area contributed by atoms with Crippen LogP contribution >= 0.6 is 23.5 Å². The van der Waals surface area contributed by atoms with Gasteiger partial charge < -0.3 is 55.4 Å². The fourth-order valence-corrected chi connectivity index (χ4v) is 9.50. The maximum atomic E-state index is 13.1. The van der Waals surface area contributed by atoms with Gasteiger partial charge in [0, 0.05) is 12.8 Å². The van der Waals surface area contributed by atoms with Crippen molar-refractivity contribution in [1.29, 1.82) is 0 Å². The number of unbranched alkanes of at least 4 members (excludes halogenated alkanes) is 18. The van der Waals surface area contributed by atoms with Crippen molar-refractivity contribution in [3.63, 3.8) is 0 Å². The van der Waals surface area contributed by atoms with Crippen LogP contribution in [0.5, 0.6) is 0 Å². The molecule has 1 rings (SSSR count). The zero-order valence-electron chi connectivity index (χ0n) is 41.6. The SMILES string of the molecule is CCCCC/C=C\C/C=C\C/C=C\C/C=C\CCCC(=O)O[C@H](COC(=O)CCCCCCCCCCCCCCCCC)COP(=O)(O)O[C@@H]1[C@H](O)[C@H](O)[C@@H](OP(=O)(O)O)[C@H](OP(=O)(O)O)[C@H]1O.N. The van der Waals surface area contributed by atoms with E-state index in [0.717, 1.165) is 44.9 Å². The first-order valence-electron chi connectivity index (χ1n) is 24.9. The number of rotatable bonds is 42. The number of hydrogen-bond donors (Lipinski definition) is 9. The van der Waals surface area contributed by atoms with Crippen LogP contribution in [0.1, 0.15) is 181 Å². The van der Waals surface area contributed by atoms with Crippen LogP contribution in [0.4, 0.5) is 0 Å². The Balaban J connectivity index is 0.0000476. The first kappa shape index (κ1) is 68.1.